The largest absolute Gasteiger partial charge is 0.477 e. The zero-order valence-electron chi connectivity index (χ0n) is 8.26. The summed E-state index contributed by atoms with van der Waals surface area (Å²) >= 11 is 0. The minimum Gasteiger partial charge on any atom is -0.477 e. The summed E-state index contributed by atoms with van der Waals surface area (Å²) < 4.78 is 0. The number of carboxylic acid groups (broad SMARTS) is 1. The fourth-order valence-corrected chi connectivity index (χ4v) is 2.34. The molecule has 2 atom stereocenters. The molecule has 1 aliphatic heterocycles. The summed E-state index contributed by atoms with van der Waals surface area (Å²) in [5, 5.41) is 8.83. The van der Waals surface area contributed by atoms with Crippen molar-refractivity contribution >= 4 is 11.7 Å². The van der Waals surface area contributed by atoms with Crippen LogP contribution in [0, 0.1) is 11.8 Å². The fraction of sp³-hybridized carbons (Fsp3) is 0.455. The number of fused-ring (bicyclic) bond motifs is 1. The molecule has 3 rings (SSSR count). The Morgan fingerprint density at radius 2 is 2.20 bits per heavy atom. The molecule has 0 radical (unpaired) electrons. The van der Waals surface area contributed by atoms with Gasteiger partial charge in [-0.2, -0.15) is 0 Å². The third-order valence-corrected chi connectivity index (χ3v) is 3.31. The lowest BCUT2D eigenvalue weighted by molar-refractivity contribution is 0.0690. The van der Waals surface area contributed by atoms with E-state index in [9.17, 15) is 4.79 Å². The molecule has 0 bridgehead atoms. The number of aromatic carboxylic acids is 1. The van der Waals surface area contributed by atoms with Gasteiger partial charge in [-0.25, -0.2) is 9.78 Å². The normalized spacial score (nSPS) is 27.6. The average molecular weight is 204 g/mol. The predicted octanol–water partition coefficient (Wildman–Crippen LogP) is 1.24. The highest BCUT2D eigenvalue weighted by atomic mass is 16.4. The maximum Gasteiger partial charge on any atom is 0.354 e. The third kappa shape index (κ3) is 1.46. The van der Waals surface area contributed by atoms with Gasteiger partial charge in [0.15, 0.2) is 0 Å². The molecule has 1 aliphatic carbocycles. The molecule has 1 saturated carbocycles. The van der Waals surface area contributed by atoms with E-state index >= 15 is 0 Å². The highest BCUT2D eigenvalue weighted by molar-refractivity contribution is 5.86. The Kier molecular flexibility index (Phi) is 1.71. The van der Waals surface area contributed by atoms with Crippen molar-refractivity contribution in [1.82, 2.24) is 4.98 Å². The van der Waals surface area contributed by atoms with Gasteiger partial charge in [0.05, 0.1) is 0 Å². The molecule has 0 amide bonds. The number of pyridine rings is 1. The number of hydrogen-bond acceptors (Lipinski definition) is 3. The fourth-order valence-electron chi connectivity index (χ4n) is 2.34. The molecule has 2 aliphatic rings. The van der Waals surface area contributed by atoms with Crippen molar-refractivity contribution in [1.29, 1.82) is 0 Å². The zero-order chi connectivity index (χ0) is 10.4. The molecule has 1 aromatic heterocycles. The smallest absolute Gasteiger partial charge is 0.354 e. The molecule has 4 nitrogen and oxygen atoms in total. The van der Waals surface area contributed by atoms with Gasteiger partial charge in [-0.3, -0.25) is 0 Å². The molecular weight excluding hydrogens is 192 g/mol. The van der Waals surface area contributed by atoms with Crippen LogP contribution in [0.25, 0.3) is 0 Å². The minimum absolute atomic E-state index is 0.132. The summed E-state index contributed by atoms with van der Waals surface area (Å²) in [6, 6.07) is 3.55. The van der Waals surface area contributed by atoms with Gasteiger partial charge in [0.25, 0.3) is 0 Å². The topological polar surface area (TPSA) is 53.4 Å². The van der Waals surface area contributed by atoms with Gasteiger partial charge in [-0.15, -0.1) is 0 Å². The molecule has 1 N–H and O–H groups in total. The van der Waals surface area contributed by atoms with Gasteiger partial charge >= 0.3 is 5.97 Å². The first-order chi connectivity index (χ1) is 7.24. The molecule has 1 aromatic rings. The van der Waals surface area contributed by atoms with Crippen molar-refractivity contribution < 1.29 is 9.90 Å². The number of aromatic nitrogens is 1. The Morgan fingerprint density at radius 1 is 1.47 bits per heavy atom. The van der Waals surface area contributed by atoms with Gasteiger partial charge in [0, 0.05) is 25.0 Å². The lowest BCUT2D eigenvalue weighted by atomic mass is 10.3. The van der Waals surface area contributed by atoms with Crippen molar-refractivity contribution in [2.24, 2.45) is 11.8 Å². The molecular formula is C11H12N2O2. The standard InChI is InChI=1S/C11H12N2O2/c14-11(15)10-4-9(1-2-12-10)13-5-7-3-8(7)6-13/h1-2,4,7-8H,3,5-6H2,(H,14,15). The number of carbonyl (C=O) groups is 1. The number of nitrogens with zero attached hydrogens (tertiary/aromatic N) is 2. The lowest BCUT2D eigenvalue weighted by Gasteiger charge is -2.20. The first-order valence-electron chi connectivity index (χ1n) is 5.18. The molecule has 0 aromatic carbocycles. The van der Waals surface area contributed by atoms with Gasteiger partial charge in [-0.05, 0) is 30.4 Å². The molecule has 2 unspecified atom stereocenters. The van der Waals surface area contributed by atoms with E-state index in [4.69, 9.17) is 5.11 Å². The van der Waals surface area contributed by atoms with Crippen molar-refractivity contribution in [3.05, 3.63) is 24.0 Å². The number of rotatable bonds is 2. The average Bonchev–Trinajstić information content (AvgIpc) is 2.86. The number of hydrogen-bond donors (Lipinski definition) is 1. The van der Waals surface area contributed by atoms with Crippen LogP contribution in [0.5, 0.6) is 0 Å². The second kappa shape index (κ2) is 2.95. The van der Waals surface area contributed by atoms with Crippen LogP contribution in [0.3, 0.4) is 0 Å². The summed E-state index contributed by atoms with van der Waals surface area (Å²) in [4.78, 5) is 16.8. The maximum atomic E-state index is 10.8. The maximum absolute atomic E-state index is 10.8. The molecule has 1 saturated heterocycles. The summed E-state index contributed by atoms with van der Waals surface area (Å²) in [6.45, 7) is 2.15. The Balaban J connectivity index is 1.85. The minimum atomic E-state index is -0.957. The predicted molar refractivity (Wildman–Crippen MR) is 55.0 cm³/mol. The highest BCUT2D eigenvalue weighted by Gasteiger charge is 2.45. The molecule has 4 heteroatoms. The van der Waals surface area contributed by atoms with E-state index in [2.05, 4.69) is 9.88 Å². The monoisotopic (exact) mass is 204 g/mol. The molecule has 78 valence electrons. The van der Waals surface area contributed by atoms with E-state index in [-0.39, 0.29) is 5.69 Å². The van der Waals surface area contributed by atoms with E-state index in [1.54, 1.807) is 12.3 Å². The second-order valence-corrected chi connectivity index (χ2v) is 4.37. The highest BCUT2D eigenvalue weighted by Crippen LogP contribution is 2.46. The van der Waals surface area contributed by atoms with Crippen LogP contribution in [-0.4, -0.2) is 29.1 Å². The molecule has 15 heavy (non-hydrogen) atoms. The van der Waals surface area contributed by atoms with Gasteiger partial charge < -0.3 is 10.0 Å². The van der Waals surface area contributed by atoms with Crippen LogP contribution in [0.4, 0.5) is 5.69 Å². The first kappa shape index (κ1) is 8.71. The van der Waals surface area contributed by atoms with Gasteiger partial charge in [-0.1, -0.05) is 0 Å². The van der Waals surface area contributed by atoms with Crippen LogP contribution in [0.1, 0.15) is 16.9 Å². The van der Waals surface area contributed by atoms with Crippen molar-refractivity contribution in [3.63, 3.8) is 0 Å². The van der Waals surface area contributed by atoms with E-state index in [1.807, 2.05) is 6.07 Å². The van der Waals surface area contributed by atoms with Gasteiger partial charge in [0.1, 0.15) is 5.69 Å². The Morgan fingerprint density at radius 3 is 2.87 bits per heavy atom. The van der Waals surface area contributed by atoms with Crippen LogP contribution in [-0.2, 0) is 0 Å². The van der Waals surface area contributed by atoms with E-state index < -0.39 is 5.97 Å². The SMILES string of the molecule is O=C(O)c1cc(N2CC3CC3C2)ccn1. The summed E-state index contributed by atoms with van der Waals surface area (Å²) in [5.74, 6) is 0.749. The van der Waals surface area contributed by atoms with Crippen molar-refractivity contribution in [2.75, 3.05) is 18.0 Å². The second-order valence-electron chi connectivity index (χ2n) is 4.37. The summed E-state index contributed by atoms with van der Waals surface area (Å²) in [6.07, 6.45) is 2.93. The molecule has 0 spiro atoms. The van der Waals surface area contributed by atoms with Crippen molar-refractivity contribution in [3.8, 4) is 0 Å². The van der Waals surface area contributed by atoms with Crippen LogP contribution >= 0.6 is 0 Å². The Bertz CT molecular complexity index is 409. The Hall–Kier alpha value is -1.58. The zero-order valence-corrected chi connectivity index (χ0v) is 8.26. The Labute approximate surface area is 87.5 Å². The quantitative estimate of drug-likeness (QED) is 0.787. The van der Waals surface area contributed by atoms with Crippen LogP contribution in [0.2, 0.25) is 0 Å². The lowest BCUT2D eigenvalue weighted by Crippen LogP contribution is -2.22. The van der Waals surface area contributed by atoms with E-state index in [0.717, 1.165) is 30.6 Å². The summed E-state index contributed by atoms with van der Waals surface area (Å²) in [5.41, 5.74) is 1.13. The molecule has 2 heterocycles. The number of carboxylic acids is 1. The number of anilines is 1. The first-order valence-corrected chi connectivity index (χ1v) is 5.18. The van der Waals surface area contributed by atoms with E-state index in [1.165, 1.54) is 6.42 Å². The van der Waals surface area contributed by atoms with Crippen LogP contribution < -0.4 is 4.90 Å². The van der Waals surface area contributed by atoms with Crippen molar-refractivity contribution in [2.45, 2.75) is 6.42 Å². The summed E-state index contributed by atoms with van der Waals surface area (Å²) in [7, 11) is 0. The number of piperidine rings is 1. The molecule has 2 fully saturated rings. The van der Waals surface area contributed by atoms with Crippen LogP contribution in [0.15, 0.2) is 18.3 Å². The van der Waals surface area contributed by atoms with E-state index in [0.29, 0.717) is 0 Å². The third-order valence-electron chi connectivity index (χ3n) is 3.31. The van der Waals surface area contributed by atoms with Gasteiger partial charge in [0.2, 0.25) is 0 Å².